The Bertz CT molecular complexity index is 998. The van der Waals surface area contributed by atoms with Gasteiger partial charge in [-0.1, -0.05) is 31.5 Å². The van der Waals surface area contributed by atoms with Gasteiger partial charge in [-0.3, -0.25) is 4.98 Å². The molecule has 8 heteroatoms. The van der Waals surface area contributed by atoms with Gasteiger partial charge in [0.05, 0.1) is 29.1 Å². The van der Waals surface area contributed by atoms with Crippen molar-refractivity contribution in [2.75, 3.05) is 23.8 Å². The molecule has 0 aliphatic carbocycles. The molecular formula is C22H24ClN5O2. The van der Waals surface area contributed by atoms with Gasteiger partial charge >= 0.3 is 0 Å². The predicted molar refractivity (Wildman–Crippen MR) is 119 cm³/mol. The lowest BCUT2D eigenvalue weighted by Crippen LogP contribution is -2.22. The lowest BCUT2D eigenvalue weighted by Gasteiger charge is -2.23. The number of nitrogens with zero attached hydrogens (tertiary/aromatic N) is 4. The molecule has 30 heavy (non-hydrogen) atoms. The fourth-order valence-electron chi connectivity index (χ4n) is 3.03. The molecule has 0 amide bonds. The van der Waals surface area contributed by atoms with Crippen molar-refractivity contribution in [3.63, 3.8) is 0 Å². The molecular weight excluding hydrogens is 402 g/mol. The number of benzene rings is 1. The van der Waals surface area contributed by atoms with Crippen molar-refractivity contribution in [1.29, 1.82) is 0 Å². The Kier molecular flexibility index (Phi) is 7.19. The Balaban J connectivity index is 1.80. The second-order valence-electron chi connectivity index (χ2n) is 7.07. The molecule has 0 bridgehead atoms. The quantitative estimate of drug-likeness (QED) is 0.501. The van der Waals surface area contributed by atoms with Crippen molar-refractivity contribution in [2.24, 2.45) is 0 Å². The number of carbonyl (C=O) groups is 1. The van der Waals surface area contributed by atoms with Crippen LogP contribution in [0.1, 0.15) is 31.0 Å². The van der Waals surface area contributed by atoms with Gasteiger partial charge in [-0.2, -0.15) is 5.10 Å². The number of aromatic nitrogens is 3. The Morgan fingerprint density at radius 1 is 1.27 bits per heavy atom. The van der Waals surface area contributed by atoms with Crippen LogP contribution in [0.25, 0.3) is 0 Å². The Morgan fingerprint density at radius 3 is 2.77 bits per heavy atom. The van der Waals surface area contributed by atoms with E-state index in [0.29, 0.717) is 23.2 Å². The number of halogens is 1. The molecule has 156 valence electrons. The summed E-state index contributed by atoms with van der Waals surface area (Å²) in [6, 6.07) is 11.1. The standard InChI is InChI=1S/C22H24ClN5O2/c1-15(2)21-19(28(3)10-11-29)13-25-27-22(21)26-16-7-8-20(18(23)12-16)30-14-17-6-4-5-9-24-17/h4-9,11-13,15H,10,14H2,1-3H3,(H,26,27). The number of pyridine rings is 1. The number of aldehydes is 1. The minimum absolute atomic E-state index is 0.170. The van der Waals surface area contributed by atoms with E-state index in [1.165, 1.54) is 0 Å². The molecule has 7 nitrogen and oxygen atoms in total. The molecule has 0 radical (unpaired) electrons. The van der Waals surface area contributed by atoms with E-state index in [2.05, 4.69) is 34.3 Å². The fraction of sp³-hybridized carbons (Fsp3) is 0.273. The summed E-state index contributed by atoms with van der Waals surface area (Å²) in [5.41, 5.74) is 3.41. The highest BCUT2D eigenvalue weighted by atomic mass is 35.5. The molecule has 0 aliphatic heterocycles. The van der Waals surface area contributed by atoms with Crippen molar-refractivity contribution in [2.45, 2.75) is 26.4 Å². The summed E-state index contributed by atoms with van der Waals surface area (Å²) in [6.45, 7) is 4.75. The summed E-state index contributed by atoms with van der Waals surface area (Å²) in [5.74, 6) is 1.37. The molecule has 0 atom stereocenters. The molecule has 1 aromatic carbocycles. The normalized spacial score (nSPS) is 10.7. The van der Waals surface area contributed by atoms with Crippen LogP contribution in [0, 0.1) is 0 Å². The highest BCUT2D eigenvalue weighted by Gasteiger charge is 2.18. The zero-order chi connectivity index (χ0) is 21.5. The van der Waals surface area contributed by atoms with Crippen LogP contribution in [0.15, 0.2) is 48.8 Å². The summed E-state index contributed by atoms with van der Waals surface area (Å²) in [4.78, 5) is 17.0. The Morgan fingerprint density at radius 2 is 2.10 bits per heavy atom. The van der Waals surface area contributed by atoms with Crippen LogP contribution in [0.4, 0.5) is 17.2 Å². The maximum absolute atomic E-state index is 10.9. The fourth-order valence-corrected chi connectivity index (χ4v) is 3.26. The lowest BCUT2D eigenvalue weighted by atomic mass is 10.0. The average molecular weight is 426 g/mol. The van der Waals surface area contributed by atoms with E-state index in [-0.39, 0.29) is 12.5 Å². The second kappa shape index (κ2) is 10.0. The summed E-state index contributed by atoms with van der Waals surface area (Å²) < 4.78 is 5.78. The number of ether oxygens (including phenoxy) is 1. The largest absolute Gasteiger partial charge is 0.486 e. The minimum Gasteiger partial charge on any atom is -0.486 e. The number of hydrogen-bond donors (Lipinski definition) is 1. The molecule has 3 rings (SSSR count). The third kappa shape index (κ3) is 5.24. The number of hydrogen-bond acceptors (Lipinski definition) is 7. The number of carbonyl (C=O) groups excluding carboxylic acids is 1. The number of nitrogens with one attached hydrogen (secondary N) is 1. The van der Waals surface area contributed by atoms with Gasteiger partial charge in [-0.05, 0) is 36.2 Å². The van der Waals surface area contributed by atoms with Crippen molar-refractivity contribution in [3.8, 4) is 5.75 Å². The molecule has 0 aliphatic rings. The van der Waals surface area contributed by atoms with E-state index < -0.39 is 0 Å². The monoisotopic (exact) mass is 425 g/mol. The highest BCUT2D eigenvalue weighted by Crippen LogP contribution is 2.34. The van der Waals surface area contributed by atoms with Gasteiger partial charge in [0.2, 0.25) is 0 Å². The lowest BCUT2D eigenvalue weighted by molar-refractivity contribution is -0.106. The van der Waals surface area contributed by atoms with Crippen LogP contribution in [-0.4, -0.2) is 35.1 Å². The highest BCUT2D eigenvalue weighted by molar-refractivity contribution is 6.32. The van der Waals surface area contributed by atoms with E-state index in [1.54, 1.807) is 24.5 Å². The van der Waals surface area contributed by atoms with Crippen molar-refractivity contribution in [1.82, 2.24) is 15.2 Å². The van der Waals surface area contributed by atoms with Gasteiger partial charge in [0.1, 0.15) is 18.6 Å². The van der Waals surface area contributed by atoms with Gasteiger partial charge in [0.15, 0.2) is 5.82 Å². The Labute approximate surface area is 181 Å². The van der Waals surface area contributed by atoms with E-state index in [9.17, 15) is 4.79 Å². The van der Waals surface area contributed by atoms with Gasteiger partial charge in [-0.25, -0.2) is 0 Å². The Hall–Kier alpha value is -3.19. The topological polar surface area (TPSA) is 80.2 Å². The summed E-state index contributed by atoms with van der Waals surface area (Å²) in [7, 11) is 1.85. The van der Waals surface area contributed by atoms with Crippen LogP contribution in [-0.2, 0) is 11.4 Å². The SMILES string of the molecule is CC(C)c1c(N(C)CC=O)cnnc1Nc1ccc(OCc2ccccn2)c(Cl)c1. The zero-order valence-electron chi connectivity index (χ0n) is 17.2. The van der Waals surface area contributed by atoms with E-state index in [4.69, 9.17) is 16.3 Å². The van der Waals surface area contributed by atoms with E-state index in [1.807, 2.05) is 36.2 Å². The molecule has 0 saturated carbocycles. The van der Waals surface area contributed by atoms with Crippen molar-refractivity contribution in [3.05, 3.63) is 65.1 Å². The third-order valence-electron chi connectivity index (χ3n) is 4.50. The molecule has 3 aromatic rings. The van der Waals surface area contributed by atoms with Crippen LogP contribution in [0.5, 0.6) is 5.75 Å². The zero-order valence-corrected chi connectivity index (χ0v) is 17.9. The third-order valence-corrected chi connectivity index (χ3v) is 4.80. The molecule has 0 spiro atoms. The molecule has 2 heterocycles. The van der Waals surface area contributed by atoms with Crippen molar-refractivity contribution < 1.29 is 9.53 Å². The van der Waals surface area contributed by atoms with E-state index in [0.717, 1.165) is 28.9 Å². The first kappa shape index (κ1) is 21.5. The van der Waals surface area contributed by atoms with Gasteiger partial charge in [-0.15, -0.1) is 5.10 Å². The van der Waals surface area contributed by atoms with Crippen LogP contribution in [0.3, 0.4) is 0 Å². The molecule has 0 unspecified atom stereocenters. The summed E-state index contributed by atoms with van der Waals surface area (Å²) >= 11 is 6.42. The van der Waals surface area contributed by atoms with Crippen LogP contribution in [0.2, 0.25) is 5.02 Å². The molecule has 2 aromatic heterocycles. The van der Waals surface area contributed by atoms with Crippen LogP contribution < -0.4 is 15.0 Å². The molecule has 0 saturated heterocycles. The average Bonchev–Trinajstić information content (AvgIpc) is 2.73. The van der Waals surface area contributed by atoms with Gasteiger partial charge in [0.25, 0.3) is 0 Å². The number of anilines is 3. The van der Waals surface area contributed by atoms with Gasteiger partial charge in [0, 0.05) is 24.5 Å². The number of rotatable bonds is 9. The second-order valence-corrected chi connectivity index (χ2v) is 7.48. The molecule has 1 N–H and O–H groups in total. The molecule has 0 fully saturated rings. The van der Waals surface area contributed by atoms with E-state index >= 15 is 0 Å². The first-order valence-electron chi connectivity index (χ1n) is 9.59. The van der Waals surface area contributed by atoms with Crippen LogP contribution >= 0.6 is 11.6 Å². The van der Waals surface area contributed by atoms with Crippen molar-refractivity contribution >= 4 is 35.1 Å². The first-order chi connectivity index (χ1) is 14.5. The minimum atomic E-state index is 0.170. The first-order valence-corrected chi connectivity index (χ1v) is 9.97. The summed E-state index contributed by atoms with van der Waals surface area (Å²) in [6.07, 6.45) is 4.26. The summed E-state index contributed by atoms with van der Waals surface area (Å²) in [5, 5.41) is 12.1. The maximum Gasteiger partial charge on any atom is 0.158 e. The maximum atomic E-state index is 10.9. The number of likely N-dealkylation sites (N-methyl/N-ethyl adjacent to an activating group) is 1. The predicted octanol–water partition coefficient (Wildman–Crippen LogP) is 4.61. The van der Waals surface area contributed by atoms with Gasteiger partial charge < -0.3 is 19.7 Å². The smallest absolute Gasteiger partial charge is 0.158 e.